The number of nitrogens with one attached hydrogen (secondary N) is 1. The van der Waals surface area contributed by atoms with E-state index in [-0.39, 0.29) is 5.91 Å². The maximum atomic E-state index is 11.9. The highest BCUT2D eigenvalue weighted by atomic mass is 16.1. The van der Waals surface area contributed by atoms with Gasteiger partial charge in [0.1, 0.15) is 0 Å². The van der Waals surface area contributed by atoms with Crippen LogP contribution in [0.2, 0.25) is 0 Å². The molecule has 0 aliphatic heterocycles. The molecule has 0 saturated heterocycles. The molecule has 0 atom stereocenters. The molecule has 0 unspecified atom stereocenters. The average molecular weight is 228 g/mol. The van der Waals surface area contributed by atoms with Crippen LogP contribution in [0.1, 0.15) is 15.9 Å². The van der Waals surface area contributed by atoms with Crippen molar-refractivity contribution in [2.24, 2.45) is 0 Å². The number of carbonyl (C=O) groups is 1. The zero-order valence-corrected chi connectivity index (χ0v) is 9.34. The van der Waals surface area contributed by atoms with Crippen molar-refractivity contribution < 1.29 is 4.79 Å². The van der Waals surface area contributed by atoms with Crippen LogP contribution in [-0.2, 0) is 0 Å². The molecule has 0 radical (unpaired) electrons. The van der Waals surface area contributed by atoms with E-state index in [0.29, 0.717) is 17.1 Å². The molecule has 5 nitrogen and oxygen atoms in total. The minimum atomic E-state index is -0.219. The van der Waals surface area contributed by atoms with Gasteiger partial charge in [-0.1, -0.05) is 0 Å². The highest BCUT2D eigenvalue weighted by Crippen LogP contribution is 2.13. The topological polar surface area (TPSA) is 80.9 Å². The number of carbonyl (C=O) groups excluding carboxylic acids is 1. The molecule has 86 valence electrons. The highest BCUT2D eigenvalue weighted by molar-refractivity contribution is 6.04. The summed E-state index contributed by atoms with van der Waals surface area (Å²) >= 11 is 0. The zero-order valence-electron chi connectivity index (χ0n) is 9.34. The second-order valence-corrected chi connectivity index (χ2v) is 3.64. The number of amides is 1. The van der Waals surface area contributed by atoms with Gasteiger partial charge in [0.25, 0.3) is 5.91 Å². The number of hydrogen-bond acceptors (Lipinski definition) is 4. The van der Waals surface area contributed by atoms with E-state index in [0.717, 1.165) is 5.56 Å². The minimum Gasteiger partial charge on any atom is -0.399 e. The van der Waals surface area contributed by atoms with Crippen LogP contribution in [-0.4, -0.2) is 16.1 Å². The molecule has 1 amide bonds. The summed E-state index contributed by atoms with van der Waals surface area (Å²) in [6.07, 6.45) is 1.55. The Morgan fingerprint density at radius 3 is 2.82 bits per heavy atom. The van der Waals surface area contributed by atoms with Crippen LogP contribution in [0.5, 0.6) is 0 Å². The van der Waals surface area contributed by atoms with Crippen molar-refractivity contribution in [2.45, 2.75) is 6.92 Å². The first-order valence-electron chi connectivity index (χ1n) is 5.12. The lowest BCUT2D eigenvalue weighted by atomic mass is 10.1. The number of benzene rings is 1. The largest absolute Gasteiger partial charge is 0.399 e. The summed E-state index contributed by atoms with van der Waals surface area (Å²) in [6, 6.07) is 8.52. The second-order valence-electron chi connectivity index (χ2n) is 3.64. The molecule has 3 N–H and O–H groups in total. The highest BCUT2D eigenvalue weighted by Gasteiger charge is 2.09. The van der Waals surface area contributed by atoms with Gasteiger partial charge in [0.15, 0.2) is 5.82 Å². The van der Waals surface area contributed by atoms with E-state index in [1.165, 1.54) is 0 Å². The Morgan fingerprint density at radius 1 is 1.35 bits per heavy atom. The van der Waals surface area contributed by atoms with E-state index in [1.54, 1.807) is 36.5 Å². The number of nitrogen functional groups attached to an aromatic ring is 1. The normalized spacial score (nSPS) is 9.94. The molecule has 2 aromatic rings. The lowest BCUT2D eigenvalue weighted by molar-refractivity contribution is 0.102. The van der Waals surface area contributed by atoms with E-state index >= 15 is 0 Å². The van der Waals surface area contributed by atoms with E-state index < -0.39 is 0 Å². The molecule has 0 aliphatic rings. The maximum absolute atomic E-state index is 11.9. The van der Waals surface area contributed by atoms with E-state index in [2.05, 4.69) is 15.5 Å². The molecule has 1 aromatic carbocycles. The molecule has 17 heavy (non-hydrogen) atoms. The Kier molecular flexibility index (Phi) is 3.00. The van der Waals surface area contributed by atoms with Crippen LogP contribution in [0.25, 0.3) is 0 Å². The van der Waals surface area contributed by atoms with Gasteiger partial charge in [-0.3, -0.25) is 4.79 Å². The molecule has 5 heteroatoms. The van der Waals surface area contributed by atoms with Crippen molar-refractivity contribution in [2.75, 3.05) is 11.1 Å². The minimum absolute atomic E-state index is 0.219. The summed E-state index contributed by atoms with van der Waals surface area (Å²) in [6.45, 7) is 1.84. The predicted molar refractivity (Wildman–Crippen MR) is 65.6 cm³/mol. The standard InChI is InChI=1S/C12H12N4O/c1-8-7-9(13)4-5-10(8)12(17)15-11-3-2-6-14-16-11/h2-7H,13H2,1H3,(H,15,16,17). The van der Waals surface area contributed by atoms with Crippen molar-refractivity contribution in [3.63, 3.8) is 0 Å². The summed E-state index contributed by atoms with van der Waals surface area (Å²) in [5, 5.41) is 10.1. The summed E-state index contributed by atoms with van der Waals surface area (Å²) in [5.74, 6) is 0.205. The number of hydrogen-bond donors (Lipinski definition) is 2. The molecule has 0 spiro atoms. The molecule has 0 aliphatic carbocycles. The van der Waals surface area contributed by atoms with Crippen LogP contribution in [0.15, 0.2) is 36.5 Å². The maximum Gasteiger partial charge on any atom is 0.257 e. The smallest absolute Gasteiger partial charge is 0.257 e. The summed E-state index contributed by atoms with van der Waals surface area (Å²) < 4.78 is 0. The zero-order chi connectivity index (χ0) is 12.3. The Labute approximate surface area is 98.7 Å². The third kappa shape index (κ3) is 2.57. The van der Waals surface area contributed by atoms with Gasteiger partial charge < -0.3 is 11.1 Å². The van der Waals surface area contributed by atoms with Gasteiger partial charge in [0.2, 0.25) is 0 Å². The van der Waals surface area contributed by atoms with E-state index in [9.17, 15) is 4.79 Å². The monoisotopic (exact) mass is 228 g/mol. The third-order valence-electron chi connectivity index (χ3n) is 2.31. The van der Waals surface area contributed by atoms with Gasteiger partial charge in [-0.05, 0) is 42.8 Å². The number of anilines is 2. The molecule has 1 heterocycles. The molecular formula is C12H12N4O. The SMILES string of the molecule is Cc1cc(N)ccc1C(=O)Nc1cccnn1. The predicted octanol–water partition coefficient (Wildman–Crippen LogP) is 1.62. The summed E-state index contributed by atoms with van der Waals surface area (Å²) in [5.41, 5.74) is 7.66. The number of aromatic nitrogens is 2. The van der Waals surface area contributed by atoms with Crippen LogP contribution in [0.3, 0.4) is 0 Å². The van der Waals surface area contributed by atoms with E-state index in [4.69, 9.17) is 5.73 Å². The molecule has 2 rings (SSSR count). The van der Waals surface area contributed by atoms with Gasteiger partial charge >= 0.3 is 0 Å². The van der Waals surface area contributed by atoms with Crippen molar-refractivity contribution >= 4 is 17.4 Å². The van der Waals surface area contributed by atoms with Crippen LogP contribution >= 0.6 is 0 Å². The molecule has 1 aromatic heterocycles. The van der Waals surface area contributed by atoms with Gasteiger partial charge in [0, 0.05) is 17.4 Å². The Hall–Kier alpha value is -2.43. The van der Waals surface area contributed by atoms with Crippen molar-refractivity contribution in [3.05, 3.63) is 47.7 Å². The molecule has 0 bridgehead atoms. The first-order valence-corrected chi connectivity index (χ1v) is 5.12. The average Bonchev–Trinajstić information content (AvgIpc) is 2.30. The Bertz CT molecular complexity index is 539. The second kappa shape index (κ2) is 4.61. The van der Waals surface area contributed by atoms with Crippen LogP contribution < -0.4 is 11.1 Å². The fraction of sp³-hybridized carbons (Fsp3) is 0.0833. The van der Waals surface area contributed by atoms with E-state index in [1.807, 2.05) is 6.92 Å². The number of nitrogens with two attached hydrogens (primary N) is 1. The van der Waals surface area contributed by atoms with Crippen molar-refractivity contribution in [1.29, 1.82) is 0 Å². The molecule has 0 saturated carbocycles. The van der Waals surface area contributed by atoms with Crippen molar-refractivity contribution in [1.82, 2.24) is 10.2 Å². The molecular weight excluding hydrogens is 216 g/mol. The van der Waals surface area contributed by atoms with Gasteiger partial charge in [0.05, 0.1) is 0 Å². The number of nitrogens with zero attached hydrogens (tertiary/aromatic N) is 2. The number of aryl methyl sites for hydroxylation is 1. The Morgan fingerprint density at radius 2 is 2.18 bits per heavy atom. The van der Waals surface area contributed by atoms with Gasteiger partial charge in [-0.2, -0.15) is 5.10 Å². The summed E-state index contributed by atoms with van der Waals surface area (Å²) in [4.78, 5) is 11.9. The molecule has 0 fully saturated rings. The van der Waals surface area contributed by atoms with Gasteiger partial charge in [-0.15, -0.1) is 5.10 Å². The van der Waals surface area contributed by atoms with Crippen molar-refractivity contribution in [3.8, 4) is 0 Å². The quantitative estimate of drug-likeness (QED) is 0.765. The fourth-order valence-electron chi connectivity index (χ4n) is 1.49. The van der Waals surface area contributed by atoms with Crippen LogP contribution in [0, 0.1) is 6.92 Å². The first kappa shape index (κ1) is 11.1. The number of rotatable bonds is 2. The summed E-state index contributed by atoms with van der Waals surface area (Å²) in [7, 11) is 0. The fourth-order valence-corrected chi connectivity index (χ4v) is 1.49. The lowest BCUT2D eigenvalue weighted by Gasteiger charge is -2.06. The van der Waals surface area contributed by atoms with Crippen LogP contribution in [0.4, 0.5) is 11.5 Å². The van der Waals surface area contributed by atoms with Gasteiger partial charge in [-0.25, -0.2) is 0 Å². The Balaban J connectivity index is 2.21. The first-order chi connectivity index (χ1) is 8.16. The lowest BCUT2D eigenvalue weighted by Crippen LogP contribution is -2.14. The third-order valence-corrected chi connectivity index (χ3v) is 2.31.